The van der Waals surface area contributed by atoms with Gasteiger partial charge in [0.25, 0.3) is 0 Å². The lowest BCUT2D eigenvalue weighted by Crippen LogP contribution is -2.26. The molecule has 4 aromatic rings. The first-order valence-electron chi connectivity index (χ1n) is 10.9. The van der Waals surface area contributed by atoms with Crippen molar-refractivity contribution in [3.8, 4) is 17.4 Å². The Labute approximate surface area is 201 Å². The number of nitrogens with zero attached hydrogens (tertiary/aromatic N) is 2. The normalized spacial score (nSPS) is 10.9. The van der Waals surface area contributed by atoms with E-state index in [0.717, 1.165) is 6.42 Å². The van der Waals surface area contributed by atoms with Crippen LogP contribution in [0.2, 0.25) is 5.02 Å². The van der Waals surface area contributed by atoms with Gasteiger partial charge in [-0.1, -0.05) is 36.7 Å². The molecule has 0 saturated carbocycles. The first kappa shape index (κ1) is 23.4. The van der Waals surface area contributed by atoms with Gasteiger partial charge in [0.1, 0.15) is 0 Å². The number of amides is 1. The molecule has 0 spiro atoms. The minimum atomic E-state index is -0.531. The van der Waals surface area contributed by atoms with Gasteiger partial charge < -0.3 is 19.2 Å². The largest absolute Gasteiger partial charge is 0.490 e. The van der Waals surface area contributed by atoms with Gasteiger partial charge in [-0.05, 0) is 36.8 Å². The van der Waals surface area contributed by atoms with Crippen molar-refractivity contribution in [2.75, 3.05) is 6.61 Å². The molecule has 2 heterocycles. The van der Waals surface area contributed by atoms with Gasteiger partial charge in [-0.25, -0.2) is 9.78 Å². The Morgan fingerprint density at radius 1 is 1.15 bits per heavy atom. The fourth-order valence-electron chi connectivity index (χ4n) is 3.37. The van der Waals surface area contributed by atoms with Gasteiger partial charge in [-0.3, -0.25) is 9.36 Å². The highest BCUT2D eigenvalue weighted by Gasteiger charge is 2.13. The fourth-order valence-corrected chi connectivity index (χ4v) is 3.53. The van der Waals surface area contributed by atoms with Crippen LogP contribution in [0.25, 0.3) is 11.1 Å². The molecular formula is C25H24ClN3O5. The summed E-state index contributed by atoms with van der Waals surface area (Å²) in [7, 11) is 0. The molecule has 0 atom stereocenters. The molecule has 9 heteroatoms. The molecule has 0 saturated heterocycles. The lowest BCUT2D eigenvalue weighted by molar-refractivity contribution is -0.121. The molecule has 0 aliphatic heterocycles. The fraction of sp³-hybridized carbons (Fsp3) is 0.240. The molecule has 0 aliphatic carbocycles. The minimum Gasteiger partial charge on any atom is -0.490 e. The van der Waals surface area contributed by atoms with E-state index in [1.54, 1.807) is 30.5 Å². The van der Waals surface area contributed by atoms with E-state index in [1.165, 1.54) is 4.57 Å². The van der Waals surface area contributed by atoms with Crippen molar-refractivity contribution in [1.82, 2.24) is 14.9 Å². The second kappa shape index (κ2) is 10.9. The van der Waals surface area contributed by atoms with Crippen molar-refractivity contribution >= 4 is 28.6 Å². The predicted octanol–water partition coefficient (Wildman–Crippen LogP) is 4.93. The Morgan fingerprint density at radius 3 is 2.79 bits per heavy atom. The van der Waals surface area contributed by atoms with E-state index in [9.17, 15) is 9.59 Å². The Kier molecular flexibility index (Phi) is 7.49. The summed E-state index contributed by atoms with van der Waals surface area (Å²) < 4.78 is 18.4. The van der Waals surface area contributed by atoms with E-state index >= 15 is 0 Å². The third-order valence-corrected chi connectivity index (χ3v) is 5.27. The van der Waals surface area contributed by atoms with E-state index in [2.05, 4.69) is 10.3 Å². The number of carbonyl (C=O) groups is 1. The van der Waals surface area contributed by atoms with Crippen molar-refractivity contribution < 1.29 is 18.7 Å². The van der Waals surface area contributed by atoms with Gasteiger partial charge in [0.05, 0.1) is 12.1 Å². The van der Waals surface area contributed by atoms with Crippen LogP contribution < -0.4 is 20.5 Å². The lowest BCUT2D eigenvalue weighted by atomic mass is 10.2. The average molecular weight is 482 g/mol. The Balaban J connectivity index is 1.39. The number of hydrogen-bond acceptors (Lipinski definition) is 6. The van der Waals surface area contributed by atoms with Crippen LogP contribution in [-0.2, 0) is 17.9 Å². The van der Waals surface area contributed by atoms with Crippen LogP contribution in [0.15, 0.2) is 70.0 Å². The van der Waals surface area contributed by atoms with Gasteiger partial charge in [0.15, 0.2) is 17.1 Å². The molecule has 2 aromatic heterocycles. The van der Waals surface area contributed by atoms with Crippen molar-refractivity contribution in [1.29, 1.82) is 0 Å². The third kappa shape index (κ3) is 5.58. The van der Waals surface area contributed by atoms with Gasteiger partial charge in [-0.2, -0.15) is 0 Å². The number of fused-ring (bicyclic) bond motifs is 1. The van der Waals surface area contributed by atoms with Crippen LogP contribution in [-0.4, -0.2) is 22.1 Å². The monoisotopic (exact) mass is 481 g/mol. The van der Waals surface area contributed by atoms with E-state index in [-0.39, 0.29) is 25.4 Å². The Hall–Kier alpha value is -3.78. The molecule has 0 aliphatic rings. The molecule has 2 aromatic carbocycles. The van der Waals surface area contributed by atoms with Crippen LogP contribution in [0.1, 0.15) is 25.3 Å². The van der Waals surface area contributed by atoms with Crippen molar-refractivity contribution in [2.24, 2.45) is 0 Å². The second-order valence-electron chi connectivity index (χ2n) is 7.52. The number of oxazole rings is 1. The molecule has 0 bridgehead atoms. The molecule has 0 fully saturated rings. The van der Waals surface area contributed by atoms with Gasteiger partial charge in [0.2, 0.25) is 11.8 Å². The van der Waals surface area contributed by atoms with E-state index in [0.29, 0.717) is 45.7 Å². The SMILES string of the molecule is CCCOc1ccccc1Oc1ncccc1CNC(=O)CCn1c(=O)oc2cc(Cl)ccc21. The van der Waals surface area contributed by atoms with Gasteiger partial charge in [-0.15, -0.1) is 0 Å². The molecular weight excluding hydrogens is 458 g/mol. The van der Waals surface area contributed by atoms with Crippen molar-refractivity contribution in [3.05, 3.63) is 81.9 Å². The average Bonchev–Trinajstić information content (AvgIpc) is 3.15. The van der Waals surface area contributed by atoms with Crippen LogP contribution in [0, 0.1) is 0 Å². The Morgan fingerprint density at radius 2 is 1.97 bits per heavy atom. The number of nitrogens with one attached hydrogen (secondary N) is 1. The number of aromatic nitrogens is 2. The number of para-hydroxylation sites is 2. The number of carbonyl (C=O) groups excluding carboxylic acids is 1. The zero-order valence-corrected chi connectivity index (χ0v) is 19.4. The molecule has 0 radical (unpaired) electrons. The van der Waals surface area contributed by atoms with Gasteiger partial charge >= 0.3 is 5.76 Å². The number of halogens is 1. The van der Waals surface area contributed by atoms with Crippen molar-refractivity contribution in [3.63, 3.8) is 0 Å². The zero-order valence-electron chi connectivity index (χ0n) is 18.6. The summed E-state index contributed by atoms with van der Waals surface area (Å²) in [5, 5.41) is 3.33. The molecule has 4 rings (SSSR count). The van der Waals surface area contributed by atoms with E-state index in [4.69, 9.17) is 25.5 Å². The second-order valence-corrected chi connectivity index (χ2v) is 7.96. The summed E-state index contributed by atoms with van der Waals surface area (Å²) in [6, 6.07) is 15.9. The maximum Gasteiger partial charge on any atom is 0.419 e. The van der Waals surface area contributed by atoms with Crippen molar-refractivity contribution in [2.45, 2.75) is 32.9 Å². The molecule has 34 heavy (non-hydrogen) atoms. The molecule has 1 amide bonds. The number of benzene rings is 2. The van der Waals surface area contributed by atoms with E-state index < -0.39 is 5.76 Å². The van der Waals surface area contributed by atoms with Crippen LogP contribution in [0.3, 0.4) is 0 Å². The quantitative estimate of drug-likeness (QED) is 0.345. The first-order valence-corrected chi connectivity index (χ1v) is 11.3. The highest BCUT2D eigenvalue weighted by atomic mass is 35.5. The highest BCUT2D eigenvalue weighted by molar-refractivity contribution is 6.31. The summed E-state index contributed by atoms with van der Waals surface area (Å²) >= 11 is 5.94. The maximum absolute atomic E-state index is 12.5. The number of hydrogen-bond donors (Lipinski definition) is 1. The summed E-state index contributed by atoms with van der Waals surface area (Å²) in [4.78, 5) is 29.0. The Bertz CT molecular complexity index is 1350. The van der Waals surface area contributed by atoms with Crippen LogP contribution >= 0.6 is 11.6 Å². The topological polar surface area (TPSA) is 95.6 Å². The number of aryl methyl sites for hydroxylation is 1. The van der Waals surface area contributed by atoms with E-state index in [1.807, 2.05) is 37.3 Å². The first-order chi connectivity index (χ1) is 16.5. The standard InChI is InChI=1S/C25H24ClN3O5/c1-2-14-32-20-7-3-4-8-21(20)33-24-17(6-5-12-27-24)16-28-23(30)11-13-29-19-10-9-18(26)15-22(19)34-25(29)31/h3-10,12,15H,2,11,13-14,16H2,1H3,(H,28,30). The third-order valence-electron chi connectivity index (χ3n) is 5.04. The minimum absolute atomic E-state index is 0.0985. The number of pyridine rings is 1. The summed E-state index contributed by atoms with van der Waals surface area (Å²) in [6.07, 6.45) is 2.60. The lowest BCUT2D eigenvalue weighted by Gasteiger charge is -2.14. The predicted molar refractivity (Wildman–Crippen MR) is 128 cm³/mol. The van der Waals surface area contributed by atoms with Crippen LogP contribution in [0.5, 0.6) is 17.4 Å². The summed E-state index contributed by atoms with van der Waals surface area (Å²) in [5.41, 5.74) is 1.69. The number of rotatable bonds is 10. The number of ether oxygens (including phenoxy) is 2. The molecule has 176 valence electrons. The molecule has 0 unspecified atom stereocenters. The smallest absolute Gasteiger partial charge is 0.419 e. The molecule has 8 nitrogen and oxygen atoms in total. The zero-order chi connectivity index (χ0) is 23.9. The summed E-state index contributed by atoms with van der Waals surface area (Å²) in [6.45, 7) is 3.01. The molecule has 1 N–H and O–H groups in total. The summed E-state index contributed by atoms with van der Waals surface area (Å²) in [5.74, 6) is 0.801. The van der Waals surface area contributed by atoms with Gasteiger partial charge in [0, 0.05) is 42.4 Å². The van der Waals surface area contributed by atoms with Crippen LogP contribution in [0.4, 0.5) is 0 Å². The highest BCUT2D eigenvalue weighted by Crippen LogP contribution is 2.32. The maximum atomic E-state index is 12.5.